The smallest absolute Gasteiger partial charge is 0.278 e. The zero-order valence-corrected chi connectivity index (χ0v) is 16.1. The molecular formula is C23H24N2O. The minimum Gasteiger partial charge on any atom is -0.297 e. The van der Waals surface area contributed by atoms with Crippen molar-refractivity contribution < 1.29 is 4.79 Å². The van der Waals surface area contributed by atoms with Crippen LogP contribution >= 0.6 is 0 Å². The number of benzene rings is 2. The maximum absolute atomic E-state index is 13.3. The minimum atomic E-state index is -0.360. The van der Waals surface area contributed by atoms with E-state index in [1.54, 1.807) is 0 Å². The molecule has 2 aliphatic heterocycles. The number of amides is 1. The van der Waals surface area contributed by atoms with Crippen LogP contribution in [0.3, 0.4) is 0 Å². The summed E-state index contributed by atoms with van der Waals surface area (Å²) in [4.78, 5) is 20.0. The van der Waals surface area contributed by atoms with Crippen LogP contribution < -0.4 is 4.90 Å². The third-order valence-corrected chi connectivity index (χ3v) is 5.30. The molecule has 0 unspecified atom stereocenters. The molecule has 0 saturated heterocycles. The lowest BCUT2D eigenvalue weighted by Crippen LogP contribution is -2.47. The Labute approximate surface area is 155 Å². The monoisotopic (exact) mass is 344 g/mol. The summed E-state index contributed by atoms with van der Waals surface area (Å²) in [6.07, 6.45) is 3.17. The Morgan fingerprint density at radius 3 is 2.35 bits per heavy atom. The number of carbonyl (C=O) groups excluding carboxylic acids is 1. The molecule has 3 heteroatoms. The second-order valence-corrected chi connectivity index (χ2v) is 7.81. The standard InChI is InChI=1S/C23H24N2O/c1-6-16-7-9-17(10-8-16)24-20-19-12-14(2)11-18-15(3)13-23(4,5)25(21(18)19)22(20)26/h7-13H,6H2,1-5H3. The first-order valence-corrected chi connectivity index (χ1v) is 9.19. The second kappa shape index (κ2) is 5.66. The molecule has 0 atom stereocenters. The van der Waals surface area contributed by atoms with Gasteiger partial charge in [-0.2, -0.15) is 0 Å². The van der Waals surface area contributed by atoms with E-state index in [0.29, 0.717) is 5.71 Å². The summed E-state index contributed by atoms with van der Waals surface area (Å²) < 4.78 is 0. The number of rotatable bonds is 2. The molecule has 0 N–H and O–H groups in total. The fourth-order valence-electron chi connectivity index (χ4n) is 4.09. The summed E-state index contributed by atoms with van der Waals surface area (Å²) in [7, 11) is 0. The molecule has 0 aromatic heterocycles. The molecule has 4 rings (SSSR count). The third-order valence-electron chi connectivity index (χ3n) is 5.30. The first-order chi connectivity index (χ1) is 12.3. The van der Waals surface area contributed by atoms with Gasteiger partial charge in [0.05, 0.1) is 16.9 Å². The molecule has 0 spiro atoms. The predicted molar refractivity (Wildman–Crippen MR) is 108 cm³/mol. The highest BCUT2D eigenvalue weighted by atomic mass is 16.2. The number of anilines is 1. The van der Waals surface area contributed by atoms with E-state index in [4.69, 9.17) is 4.99 Å². The maximum Gasteiger partial charge on any atom is 0.278 e. The van der Waals surface area contributed by atoms with Crippen LogP contribution in [0.5, 0.6) is 0 Å². The van der Waals surface area contributed by atoms with Crippen molar-refractivity contribution in [3.05, 3.63) is 64.7 Å². The van der Waals surface area contributed by atoms with Crippen molar-refractivity contribution in [3.63, 3.8) is 0 Å². The lowest BCUT2D eigenvalue weighted by atomic mass is 9.88. The van der Waals surface area contributed by atoms with Gasteiger partial charge in [-0.25, -0.2) is 4.99 Å². The van der Waals surface area contributed by atoms with E-state index in [2.05, 4.69) is 65.0 Å². The number of aryl methyl sites for hydroxylation is 2. The van der Waals surface area contributed by atoms with Gasteiger partial charge in [-0.05, 0) is 75.1 Å². The van der Waals surface area contributed by atoms with Gasteiger partial charge in [0.1, 0.15) is 5.71 Å². The van der Waals surface area contributed by atoms with Gasteiger partial charge in [-0.3, -0.25) is 9.69 Å². The van der Waals surface area contributed by atoms with Crippen LogP contribution in [-0.4, -0.2) is 17.2 Å². The normalized spacial score (nSPS) is 19.0. The van der Waals surface area contributed by atoms with Gasteiger partial charge < -0.3 is 0 Å². The molecule has 3 nitrogen and oxygen atoms in total. The summed E-state index contributed by atoms with van der Waals surface area (Å²) in [5, 5.41) is 0. The van der Waals surface area contributed by atoms with Crippen molar-refractivity contribution in [1.29, 1.82) is 0 Å². The van der Waals surface area contributed by atoms with E-state index < -0.39 is 0 Å². The molecule has 0 fully saturated rings. The van der Waals surface area contributed by atoms with E-state index in [1.807, 2.05) is 17.0 Å². The fourth-order valence-corrected chi connectivity index (χ4v) is 4.09. The first kappa shape index (κ1) is 16.8. The molecule has 1 amide bonds. The van der Waals surface area contributed by atoms with Crippen molar-refractivity contribution in [3.8, 4) is 0 Å². The third kappa shape index (κ3) is 2.42. The van der Waals surface area contributed by atoms with Crippen LogP contribution in [0.15, 0.2) is 47.5 Å². The van der Waals surface area contributed by atoms with Gasteiger partial charge in [0.15, 0.2) is 0 Å². The molecule has 0 saturated carbocycles. The van der Waals surface area contributed by atoms with Crippen LogP contribution in [0, 0.1) is 6.92 Å². The van der Waals surface area contributed by atoms with Gasteiger partial charge in [-0.15, -0.1) is 0 Å². The van der Waals surface area contributed by atoms with E-state index in [-0.39, 0.29) is 11.4 Å². The Hall–Kier alpha value is -2.68. The highest BCUT2D eigenvalue weighted by Gasteiger charge is 2.45. The molecule has 2 heterocycles. The summed E-state index contributed by atoms with van der Waals surface area (Å²) in [6.45, 7) is 10.5. The molecule has 26 heavy (non-hydrogen) atoms. The van der Waals surface area contributed by atoms with Gasteiger partial charge in [0.25, 0.3) is 5.91 Å². The summed E-state index contributed by atoms with van der Waals surface area (Å²) in [5.41, 5.74) is 7.74. The van der Waals surface area contributed by atoms with Crippen molar-refractivity contribution in [2.75, 3.05) is 4.90 Å². The Kier molecular flexibility index (Phi) is 3.65. The average molecular weight is 344 g/mol. The molecular weight excluding hydrogens is 320 g/mol. The average Bonchev–Trinajstić information content (AvgIpc) is 2.86. The molecule has 2 aromatic rings. The van der Waals surface area contributed by atoms with Crippen LogP contribution in [0.1, 0.15) is 49.9 Å². The SMILES string of the molecule is CCc1ccc(N=C2C(=O)N3c4c(cc(C)cc42)C(C)=CC3(C)C)cc1. The van der Waals surface area contributed by atoms with Crippen molar-refractivity contribution >= 4 is 28.6 Å². The maximum atomic E-state index is 13.3. The van der Waals surface area contributed by atoms with Gasteiger partial charge in [-0.1, -0.05) is 25.1 Å². The lowest BCUT2D eigenvalue weighted by molar-refractivity contribution is -0.112. The second-order valence-electron chi connectivity index (χ2n) is 7.81. The number of aliphatic imine (C=N–C) groups is 1. The molecule has 0 aliphatic carbocycles. The molecule has 0 bridgehead atoms. The van der Waals surface area contributed by atoms with Crippen molar-refractivity contribution in [2.24, 2.45) is 4.99 Å². The topological polar surface area (TPSA) is 32.7 Å². The van der Waals surface area contributed by atoms with E-state index in [1.165, 1.54) is 11.1 Å². The molecule has 132 valence electrons. The van der Waals surface area contributed by atoms with E-state index >= 15 is 0 Å². The van der Waals surface area contributed by atoms with Gasteiger partial charge in [0, 0.05) is 11.1 Å². The highest BCUT2D eigenvalue weighted by Crippen LogP contribution is 2.46. The zero-order chi connectivity index (χ0) is 18.6. The first-order valence-electron chi connectivity index (χ1n) is 9.19. The van der Waals surface area contributed by atoms with Crippen LogP contribution in [0.2, 0.25) is 0 Å². The lowest BCUT2D eigenvalue weighted by Gasteiger charge is -2.38. The zero-order valence-electron chi connectivity index (χ0n) is 16.1. The Morgan fingerprint density at radius 1 is 1.04 bits per heavy atom. The predicted octanol–water partition coefficient (Wildman–Crippen LogP) is 5.22. The number of nitrogens with zero attached hydrogens (tertiary/aromatic N) is 2. The quantitative estimate of drug-likeness (QED) is 0.735. The minimum absolute atomic E-state index is 0.0137. The summed E-state index contributed by atoms with van der Waals surface area (Å²) in [5.74, 6) is -0.0137. The Bertz CT molecular complexity index is 978. The van der Waals surface area contributed by atoms with Crippen molar-refractivity contribution in [1.82, 2.24) is 0 Å². The van der Waals surface area contributed by atoms with E-state index in [0.717, 1.165) is 34.5 Å². The van der Waals surface area contributed by atoms with Crippen LogP contribution in [-0.2, 0) is 11.2 Å². The van der Waals surface area contributed by atoms with Gasteiger partial charge >= 0.3 is 0 Å². The molecule has 0 radical (unpaired) electrons. The number of allylic oxidation sites excluding steroid dienone is 1. The van der Waals surface area contributed by atoms with E-state index in [9.17, 15) is 4.79 Å². The number of carbonyl (C=O) groups is 1. The highest BCUT2D eigenvalue weighted by molar-refractivity contribution is 6.55. The number of hydrogen-bond donors (Lipinski definition) is 0. The summed E-state index contributed by atoms with van der Waals surface area (Å²) in [6, 6.07) is 12.4. The molecule has 2 aliphatic rings. The van der Waals surface area contributed by atoms with Crippen molar-refractivity contribution in [2.45, 2.75) is 46.6 Å². The van der Waals surface area contributed by atoms with Gasteiger partial charge in [0.2, 0.25) is 0 Å². The number of hydrogen-bond acceptors (Lipinski definition) is 2. The Balaban J connectivity index is 1.92. The van der Waals surface area contributed by atoms with Crippen LogP contribution in [0.4, 0.5) is 11.4 Å². The summed E-state index contributed by atoms with van der Waals surface area (Å²) >= 11 is 0. The fraction of sp³-hybridized carbons (Fsp3) is 0.304. The van der Waals surface area contributed by atoms with Crippen LogP contribution in [0.25, 0.3) is 5.57 Å². The Morgan fingerprint density at radius 2 is 1.69 bits per heavy atom. The molecule has 2 aromatic carbocycles. The largest absolute Gasteiger partial charge is 0.297 e.